The van der Waals surface area contributed by atoms with Crippen molar-refractivity contribution in [1.82, 2.24) is 10.3 Å². The molecule has 3 heteroatoms. The number of nitrogens with zero attached hydrogens (tertiary/aromatic N) is 1. The average molecular weight is 226 g/mol. The lowest BCUT2D eigenvalue weighted by atomic mass is 10.1. The van der Waals surface area contributed by atoms with Crippen LogP contribution in [-0.2, 0) is 6.54 Å². The summed E-state index contributed by atoms with van der Waals surface area (Å²) in [5, 5.41) is 4.52. The normalized spacial score (nSPS) is 13.5. The largest absolute Gasteiger partial charge is 0.315 e. The molecule has 0 radical (unpaired) electrons. The molecule has 0 aliphatic rings. The van der Waals surface area contributed by atoms with E-state index in [-0.39, 0.29) is 0 Å². The van der Waals surface area contributed by atoms with Gasteiger partial charge in [-0.05, 0) is 19.4 Å². The third kappa shape index (κ3) is 3.02. The molecule has 1 rings (SSSR count). The van der Waals surface area contributed by atoms with Crippen molar-refractivity contribution < 1.29 is 0 Å². The second-order valence-corrected chi connectivity index (χ2v) is 5.47. The van der Waals surface area contributed by atoms with Crippen LogP contribution < -0.4 is 5.32 Å². The van der Waals surface area contributed by atoms with Crippen molar-refractivity contribution in [2.24, 2.45) is 0 Å². The molecule has 0 amide bonds. The fraction of sp³-hybridized carbons (Fsp3) is 0.750. The highest BCUT2D eigenvalue weighted by atomic mass is 32.1. The maximum atomic E-state index is 4.78. The van der Waals surface area contributed by atoms with Crippen molar-refractivity contribution in [3.05, 3.63) is 15.6 Å². The van der Waals surface area contributed by atoms with Gasteiger partial charge >= 0.3 is 0 Å². The third-order valence-corrected chi connectivity index (χ3v) is 3.96. The lowest BCUT2D eigenvalue weighted by Gasteiger charge is -2.04. The van der Waals surface area contributed by atoms with Crippen molar-refractivity contribution in [3.63, 3.8) is 0 Å². The number of hydrogen-bond acceptors (Lipinski definition) is 3. The SMILES string of the molecule is CCC(C)c1nc(C(C)C)c(CNC)s1. The van der Waals surface area contributed by atoms with Crippen LogP contribution in [0.1, 0.15) is 61.5 Å². The molecule has 0 aliphatic carbocycles. The molecular weight excluding hydrogens is 204 g/mol. The van der Waals surface area contributed by atoms with E-state index in [1.165, 1.54) is 22.0 Å². The Bertz CT molecular complexity index is 305. The lowest BCUT2D eigenvalue weighted by molar-refractivity contribution is 0.710. The fourth-order valence-corrected chi connectivity index (χ4v) is 2.87. The first-order valence-corrected chi connectivity index (χ1v) is 6.55. The number of nitrogens with one attached hydrogen (secondary N) is 1. The van der Waals surface area contributed by atoms with Gasteiger partial charge in [-0.15, -0.1) is 11.3 Å². The van der Waals surface area contributed by atoms with Gasteiger partial charge in [0.1, 0.15) is 0 Å². The second kappa shape index (κ2) is 5.61. The Labute approximate surface area is 97.1 Å². The van der Waals surface area contributed by atoms with E-state index in [2.05, 4.69) is 33.0 Å². The van der Waals surface area contributed by atoms with Gasteiger partial charge in [0.05, 0.1) is 10.7 Å². The molecule has 86 valence electrons. The first-order chi connectivity index (χ1) is 7.10. The van der Waals surface area contributed by atoms with Crippen LogP contribution >= 0.6 is 11.3 Å². The van der Waals surface area contributed by atoms with Crippen LogP contribution in [0.15, 0.2) is 0 Å². The predicted octanol–water partition coefficient (Wildman–Crippen LogP) is 3.50. The Kier molecular flexibility index (Phi) is 4.74. The van der Waals surface area contributed by atoms with E-state index in [1.54, 1.807) is 0 Å². The Morgan fingerprint density at radius 3 is 2.47 bits per heavy atom. The maximum Gasteiger partial charge on any atom is 0.0959 e. The van der Waals surface area contributed by atoms with E-state index in [9.17, 15) is 0 Å². The van der Waals surface area contributed by atoms with Crippen molar-refractivity contribution in [1.29, 1.82) is 0 Å². The quantitative estimate of drug-likeness (QED) is 0.831. The summed E-state index contributed by atoms with van der Waals surface area (Å²) in [4.78, 5) is 6.18. The van der Waals surface area contributed by atoms with E-state index in [4.69, 9.17) is 4.98 Å². The summed E-state index contributed by atoms with van der Waals surface area (Å²) in [6, 6.07) is 0. The van der Waals surface area contributed by atoms with Gasteiger partial charge in [-0.2, -0.15) is 0 Å². The van der Waals surface area contributed by atoms with Gasteiger partial charge in [0.2, 0.25) is 0 Å². The van der Waals surface area contributed by atoms with Gasteiger partial charge in [-0.1, -0.05) is 27.7 Å². The highest BCUT2D eigenvalue weighted by Gasteiger charge is 2.16. The summed E-state index contributed by atoms with van der Waals surface area (Å²) >= 11 is 1.87. The smallest absolute Gasteiger partial charge is 0.0959 e. The molecule has 0 saturated carbocycles. The van der Waals surface area contributed by atoms with Gasteiger partial charge in [-0.3, -0.25) is 0 Å². The Balaban J connectivity index is 2.98. The van der Waals surface area contributed by atoms with Gasteiger partial charge in [0.15, 0.2) is 0 Å². The number of thiazole rings is 1. The van der Waals surface area contributed by atoms with Crippen LogP contribution in [0.4, 0.5) is 0 Å². The molecule has 0 aliphatic heterocycles. The minimum absolute atomic E-state index is 0.530. The van der Waals surface area contributed by atoms with Gasteiger partial charge < -0.3 is 5.32 Å². The maximum absolute atomic E-state index is 4.78. The standard InChI is InChI=1S/C12H22N2S/c1-6-9(4)12-14-11(8(2)3)10(15-12)7-13-5/h8-9,13H,6-7H2,1-5H3. The summed E-state index contributed by atoms with van der Waals surface area (Å²) < 4.78 is 0. The zero-order valence-corrected chi connectivity index (χ0v) is 11.2. The number of rotatable bonds is 5. The fourth-order valence-electron chi connectivity index (χ4n) is 1.51. The number of hydrogen-bond donors (Lipinski definition) is 1. The average Bonchev–Trinajstić information content (AvgIpc) is 2.61. The molecule has 2 nitrogen and oxygen atoms in total. The highest BCUT2D eigenvalue weighted by Crippen LogP contribution is 2.30. The van der Waals surface area contributed by atoms with E-state index in [0.717, 1.165) is 6.54 Å². The van der Waals surface area contributed by atoms with E-state index in [0.29, 0.717) is 11.8 Å². The van der Waals surface area contributed by atoms with Crippen LogP contribution in [0.25, 0.3) is 0 Å². The molecule has 0 aromatic carbocycles. The van der Waals surface area contributed by atoms with Crippen molar-refractivity contribution in [3.8, 4) is 0 Å². The molecule has 0 bridgehead atoms. The van der Waals surface area contributed by atoms with E-state index in [1.807, 2.05) is 18.4 Å². The molecular formula is C12H22N2S. The van der Waals surface area contributed by atoms with Crippen LogP contribution in [0.2, 0.25) is 0 Å². The summed E-state index contributed by atoms with van der Waals surface area (Å²) in [7, 11) is 1.99. The molecule has 0 fully saturated rings. The van der Waals surface area contributed by atoms with Gasteiger partial charge in [-0.25, -0.2) is 4.98 Å². The van der Waals surface area contributed by atoms with E-state index < -0.39 is 0 Å². The van der Waals surface area contributed by atoms with Gasteiger partial charge in [0.25, 0.3) is 0 Å². The number of aromatic nitrogens is 1. The zero-order chi connectivity index (χ0) is 11.4. The molecule has 1 aromatic heterocycles. The summed E-state index contributed by atoms with van der Waals surface area (Å²) in [5.41, 5.74) is 1.28. The highest BCUT2D eigenvalue weighted by molar-refractivity contribution is 7.11. The topological polar surface area (TPSA) is 24.9 Å². The molecule has 1 atom stereocenters. The Morgan fingerprint density at radius 1 is 1.33 bits per heavy atom. The second-order valence-electron chi connectivity index (χ2n) is 4.35. The summed E-state index contributed by atoms with van der Waals surface area (Å²) in [6.07, 6.45) is 1.17. The third-order valence-electron chi connectivity index (χ3n) is 2.66. The minimum atomic E-state index is 0.530. The Morgan fingerprint density at radius 2 is 2.00 bits per heavy atom. The van der Waals surface area contributed by atoms with Crippen molar-refractivity contribution in [2.45, 2.75) is 52.5 Å². The molecule has 1 heterocycles. The van der Waals surface area contributed by atoms with Gasteiger partial charge in [0, 0.05) is 17.3 Å². The van der Waals surface area contributed by atoms with E-state index >= 15 is 0 Å². The molecule has 0 saturated heterocycles. The van der Waals surface area contributed by atoms with Crippen LogP contribution in [0, 0.1) is 0 Å². The lowest BCUT2D eigenvalue weighted by Crippen LogP contribution is -2.06. The van der Waals surface area contributed by atoms with Crippen LogP contribution in [-0.4, -0.2) is 12.0 Å². The van der Waals surface area contributed by atoms with Crippen molar-refractivity contribution in [2.75, 3.05) is 7.05 Å². The first kappa shape index (κ1) is 12.7. The predicted molar refractivity (Wildman–Crippen MR) is 67.7 cm³/mol. The van der Waals surface area contributed by atoms with Crippen LogP contribution in [0.5, 0.6) is 0 Å². The first-order valence-electron chi connectivity index (χ1n) is 5.74. The monoisotopic (exact) mass is 226 g/mol. The molecule has 1 unspecified atom stereocenters. The minimum Gasteiger partial charge on any atom is -0.315 e. The molecule has 1 N–H and O–H groups in total. The van der Waals surface area contributed by atoms with Crippen LogP contribution in [0.3, 0.4) is 0 Å². The van der Waals surface area contributed by atoms with Crippen molar-refractivity contribution >= 4 is 11.3 Å². The summed E-state index contributed by atoms with van der Waals surface area (Å²) in [6.45, 7) is 9.86. The Hall–Kier alpha value is -0.410. The molecule has 0 spiro atoms. The summed E-state index contributed by atoms with van der Waals surface area (Å²) in [5.74, 6) is 1.13. The zero-order valence-electron chi connectivity index (χ0n) is 10.4. The molecule has 1 aromatic rings. The molecule has 15 heavy (non-hydrogen) atoms.